The molecule has 0 radical (unpaired) electrons. The first-order valence-electron chi connectivity index (χ1n) is 9.17. The molecule has 2 aromatic rings. The average Bonchev–Trinajstić information content (AvgIpc) is 2.88. The van der Waals surface area contributed by atoms with Crippen LogP contribution >= 0.6 is 11.6 Å². The number of hydrogen-bond acceptors (Lipinski definition) is 3. The lowest BCUT2D eigenvalue weighted by Gasteiger charge is -2.32. The first-order valence-corrected chi connectivity index (χ1v) is 9.54. The second-order valence-electron chi connectivity index (χ2n) is 7.07. The Hall–Kier alpha value is -2.53. The molecule has 1 unspecified atom stereocenters. The zero-order valence-electron chi connectivity index (χ0n) is 14.9. The number of urea groups is 1. The van der Waals surface area contributed by atoms with Crippen LogP contribution in [0.5, 0.6) is 5.75 Å². The van der Waals surface area contributed by atoms with Crippen LogP contribution in [0.3, 0.4) is 0 Å². The SMILES string of the molecule is O=C1NC2(CCc3ccccc3C2)C(=O)N1CCCOc1cccc(Cl)c1. The van der Waals surface area contributed by atoms with Crippen molar-refractivity contribution >= 4 is 23.5 Å². The smallest absolute Gasteiger partial charge is 0.325 e. The highest BCUT2D eigenvalue weighted by molar-refractivity contribution is 6.30. The summed E-state index contributed by atoms with van der Waals surface area (Å²) in [5.41, 5.74) is 1.61. The lowest BCUT2D eigenvalue weighted by Crippen LogP contribution is -2.51. The van der Waals surface area contributed by atoms with Crippen molar-refractivity contribution in [2.24, 2.45) is 0 Å². The van der Waals surface area contributed by atoms with Crippen LogP contribution in [-0.2, 0) is 17.6 Å². The zero-order chi connectivity index (χ0) is 18.9. The number of fused-ring (bicyclic) bond motifs is 1. The van der Waals surface area contributed by atoms with E-state index >= 15 is 0 Å². The molecule has 1 saturated heterocycles. The van der Waals surface area contributed by atoms with E-state index in [0.29, 0.717) is 43.2 Å². The second kappa shape index (κ2) is 7.24. The molecule has 0 aromatic heterocycles. The van der Waals surface area contributed by atoms with Gasteiger partial charge in [0.2, 0.25) is 0 Å². The fraction of sp³-hybridized carbons (Fsp3) is 0.333. The molecule has 0 bridgehead atoms. The van der Waals surface area contributed by atoms with Crippen molar-refractivity contribution in [3.63, 3.8) is 0 Å². The van der Waals surface area contributed by atoms with Gasteiger partial charge in [-0.1, -0.05) is 41.9 Å². The van der Waals surface area contributed by atoms with E-state index in [1.807, 2.05) is 30.3 Å². The van der Waals surface area contributed by atoms with Crippen LogP contribution in [0.15, 0.2) is 48.5 Å². The van der Waals surface area contributed by atoms with Crippen LogP contribution in [0.1, 0.15) is 24.0 Å². The van der Waals surface area contributed by atoms with E-state index in [-0.39, 0.29) is 11.9 Å². The first kappa shape index (κ1) is 17.9. The quantitative estimate of drug-likeness (QED) is 0.633. The van der Waals surface area contributed by atoms with Gasteiger partial charge in [-0.2, -0.15) is 0 Å². The number of carbonyl (C=O) groups is 2. The molecule has 27 heavy (non-hydrogen) atoms. The van der Waals surface area contributed by atoms with E-state index in [9.17, 15) is 9.59 Å². The highest BCUT2D eigenvalue weighted by atomic mass is 35.5. The number of hydrogen-bond donors (Lipinski definition) is 1. The summed E-state index contributed by atoms with van der Waals surface area (Å²) >= 11 is 5.93. The fourth-order valence-electron chi connectivity index (χ4n) is 3.87. The van der Waals surface area contributed by atoms with Gasteiger partial charge in [-0.05, 0) is 48.6 Å². The molecule has 2 aliphatic rings. The fourth-order valence-corrected chi connectivity index (χ4v) is 4.05. The molecule has 1 aliphatic carbocycles. The number of nitrogens with one attached hydrogen (secondary N) is 1. The van der Waals surface area contributed by atoms with Crippen molar-refractivity contribution in [1.82, 2.24) is 10.2 Å². The van der Waals surface area contributed by atoms with Crippen LogP contribution < -0.4 is 10.1 Å². The maximum atomic E-state index is 13.0. The van der Waals surface area contributed by atoms with Gasteiger partial charge in [0.1, 0.15) is 11.3 Å². The number of nitrogens with zero attached hydrogens (tertiary/aromatic N) is 1. The minimum atomic E-state index is -0.792. The van der Waals surface area contributed by atoms with Gasteiger partial charge in [0.15, 0.2) is 0 Å². The highest BCUT2D eigenvalue weighted by Crippen LogP contribution is 2.33. The summed E-state index contributed by atoms with van der Waals surface area (Å²) in [6.45, 7) is 0.752. The maximum Gasteiger partial charge on any atom is 0.325 e. The standard InChI is InChI=1S/C21H21ClN2O3/c22-17-7-3-8-18(13-17)27-12-4-11-24-19(25)21(23-20(24)26)10-9-15-5-1-2-6-16(15)14-21/h1-3,5-8,13H,4,9-12,14H2,(H,23,26). The van der Waals surface area contributed by atoms with Crippen LogP contribution in [0.25, 0.3) is 0 Å². The molecule has 2 aromatic carbocycles. The summed E-state index contributed by atoms with van der Waals surface area (Å²) in [6, 6.07) is 15.0. The summed E-state index contributed by atoms with van der Waals surface area (Å²) in [6.07, 6.45) is 2.57. The van der Waals surface area contributed by atoms with Crippen molar-refractivity contribution in [3.8, 4) is 5.75 Å². The van der Waals surface area contributed by atoms with Gasteiger partial charge >= 0.3 is 6.03 Å². The third-order valence-electron chi connectivity index (χ3n) is 5.27. The molecule has 1 heterocycles. The van der Waals surface area contributed by atoms with Crippen molar-refractivity contribution < 1.29 is 14.3 Å². The van der Waals surface area contributed by atoms with Crippen molar-refractivity contribution in [3.05, 3.63) is 64.7 Å². The number of amides is 3. The van der Waals surface area contributed by atoms with Gasteiger partial charge in [-0.15, -0.1) is 0 Å². The summed E-state index contributed by atoms with van der Waals surface area (Å²) in [5.74, 6) is 0.560. The third-order valence-corrected chi connectivity index (χ3v) is 5.50. The van der Waals surface area contributed by atoms with E-state index in [0.717, 1.165) is 12.0 Å². The number of aryl methyl sites for hydroxylation is 1. The lowest BCUT2D eigenvalue weighted by molar-refractivity contribution is -0.131. The van der Waals surface area contributed by atoms with E-state index in [1.54, 1.807) is 12.1 Å². The molecule has 1 aliphatic heterocycles. The molecule has 1 N–H and O–H groups in total. The molecular weight excluding hydrogens is 364 g/mol. The van der Waals surface area contributed by atoms with Gasteiger partial charge in [-0.25, -0.2) is 4.79 Å². The van der Waals surface area contributed by atoms with E-state index in [2.05, 4.69) is 11.4 Å². The maximum absolute atomic E-state index is 13.0. The van der Waals surface area contributed by atoms with E-state index < -0.39 is 5.54 Å². The Morgan fingerprint density at radius 3 is 2.74 bits per heavy atom. The van der Waals surface area contributed by atoms with Crippen LogP contribution in [0, 0.1) is 0 Å². The van der Waals surface area contributed by atoms with Gasteiger partial charge in [0, 0.05) is 18.0 Å². The molecule has 4 rings (SSSR count). The molecule has 3 amide bonds. The lowest BCUT2D eigenvalue weighted by atomic mass is 9.78. The average molecular weight is 385 g/mol. The van der Waals surface area contributed by atoms with E-state index in [1.165, 1.54) is 10.5 Å². The predicted octanol–water partition coefficient (Wildman–Crippen LogP) is 3.59. The Morgan fingerprint density at radius 1 is 1.11 bits per heavy atom. The van der Waals surface area contributed by atoms with Crippen LogP contribution in [-0.4, -0.2) is 35.5 Å². The molecular formula is C21H21ClN2O3. The minimum absolute atomic E-state index is 0.121. The van der Waals surface area contributed by atoms with Gasteiger partial charge < -0.3 is 10.1 Å². The van der Waals surface area contributed by atoms with Crippen molar-refractivity contribution in [2.75, 3.05) is 13.2 Å². The zero-order valence-corrected chi connectivity index (χ0v) is 15.7. The Morgan fingerprint density at radius 2 is 1.93 bits per heavy atom. The van der Waals surface area contributed by atoms with Crippen molar-refractivity contribution in [1.29, 1.82) is 0 Å². The van der Waals surface area contributed by atoms with Crippen molar-refractivity contribution in [2.45, 2.75) is 31.2 Å². The van der Waals surface area contributed by atoms with Gasteiger partial charge in [-0.3, -0.25) is 9.69 Å². The minimum Gasteiger partial charge on any atom is -0.493 e. The molecule has 5 nitrogen and oxygen atoms in total. The molecule has 0 saturated carbocycles. The van der Waals surface area contributed by atoms with E-state index in [4.69, 9.17) is 16.3 Å². The molecule has 1 spiro atoms. The Bertz CT molecular complexity index is 885. The molecule has 6 heteroatoms. The number of carbonyl (C=O) groups excluding carboxylic acids is 2. The first-order chi connectivity index (χ1) is 13.1. The van der Waals surface area contributed by atoms with Gasteiger partial charge in [0.05, 0.1) is 6.61 Å². The summed E-state index contributed by atoms with van der Waals surface area (Å²) in [5, 5.41) is 3.57. The highest BCUT2D eigenvalue weighted by Gasteiger charge is 2.51. The number of rotatable bonds is 5. The Kier molecular flexibility index (Phi) is 4.79. The van der Waals surface area contributed by atoms with Crippen LogP contribution in [0.4, 0.5) is 4.79 Å². The largest absolute Gasteiger partial charge is 0.493 e. The number of ether oxygens (including phenoxy) is 1. The number of halogens is 1. The topological polar surface area (TPSA) is 58.6 Å². The summed E-state index contributed by atoms with van der Waals surface area (Å²) in [7, 11) is 0. The molecule has 1 atom stereocenters. The predicted molar refractivity (Wildman–Crippen MR) is 103 cm³/mol. The Labute approximate surface area is 163 Å². The third kappa shape index (κ3) is 3.52. The molecule has 140 valence electrons. The summed E-state index contributed by atoms with van der Waals surface area (Å²) < 4.78 is 5.65. The Balaban J connectivity index is 1.36. The summed E-state index contributed by atoms with van der Waals surface area (Å²) in [4.78, 5) is 26.7. The number of benzene rings is 2. The monoisotopic (exact) mass is 384 g/mol. The second-order valence-corrected chi connectivity index (χ2v) is 7.51. The number of imide groups is 1. The van der Waals surface area contributed by atoms with Gasteiger partial charge in [0.25, 0.3) is 5.91 Å². The normalized spacial score (nSPS) is 21.3. The molecule has 1 fully saturated rings. The van der Waals surface area contributed by atoms with Crippen LogP contribution in [0.2, 0.25) is 5.02 Å².